The largest absolute Gasteiger partial charge is 0.493 e. The summed E-state index contributed by atoms with van der Waals surface area (Å²) in [4.78, 5) is 10.8. The van der Waals surface area contributed by atoms with Crippen LogP contribution in [0.3, 0.4) is 0 Å². The van der Waals surface area contributed by atoms with E-state index < -0.39 is 5.60 Å². The zero-order valence-corrected chi connectivity index (χ0v) is 16.0. The number of methoxy groups -OCH3 is 1. The van der Waals surface area contributed by atoms with E-state index in [4.69, 9.17) is 9.47 Å². The van der Waals surface area contributed by atoms with Crippen LogP contribution in [0.25, 0.3) is 0 Å². The van der Waals surface area contributed by atoms with Gasteiger partial charge in [-0.3, -0.25) is 0 Å². The number of ether oxygens (including phenoxy) is 2. The molecule has 1 aliphatic rings. The molecule has 1 fully saturated rings. The Balaban J connectivity index is 1.71. The summed E-state index contributed by atoms with van der Waals surface area (Å²) in [5.41, 5.74) is -0.0676. The van der Waals surface area contributed by atoms with Gasteiger partial charge in [-0.25, -0.2) is 4.98 Å². The number of aliphatic hydroxyl groups is 1. The molecule has 0 spiro atoms. The number of likely N-dealkylation sites (tertiary alicyclic amines) is 1. The molecule has 8 heteroatoms. The Bertz CT molecular complexity index is 773. The van der Waals surface area contributed by atoms with Gasteiger partial charge in [0.2, 0.25) is 5.95 Å². The summed E-state index contributed by atoms with van der Waals surface area (Å²) in [7, 11) is 3.40. The van der Waals surface area contributed by atoms with Crippen molar-refractivity contribution in [3.05, 3.63) is 30.5 Å². The highest BCUT2D eigenvalue weighted by molar-refractivity contribution is 5.60. The van der Waals surface area contributed by atoms with Gasteiger partial charge in [0.1, 0.15) is 18.0 Å². The number of hydrogen-bond donors (Lipinski definition) is 3. The second-order valence-electron chi connectivity index (χ2n) is 6.64. The predicted octanol–water partition coefficient (Wildman–Crippen LogP) is 2.11. The van der Waals surface area contributed by atoms with Gasteiger partial charge < -0.3 is 30.1 Å². The monoisotopic (exact) mass is 373 g/mol. The lowest BCUT2D eigenvalue weighted by Crippen LogP contribution is -2.39. The maximum atomic E-state index is 10.7. The van der Waals surface area contributed by atoms with E-state index in [0.29, 0.717) is 30.4 Å². The maximum Gasteiger partial charge on any atom is 0.229 e. The minimum absolute atomic E-state index is 0.217. The summed E-state index contributed by atoms with van der Waals surface area (Å²) in [6, 6.07) is 7.29. The van der Waals surface area contributed by atoms with Gasteiger partial charge in [0.25, 0.3) is 0 Å². The number of likely N-dealkylation sites (N-methyl/N-ethyl adjacent to an activating group) is 1. The Morgan fingerprint density at radius 3 is 2.85 bits per heavy atom. The van der Waals surface area contributed by atoms with Crippen LogP contribution in [0, 0.1) is 0 Å². The Hall–Kier alpha value is -2.58. The van der Waals surface area contributed by atoms with E-state index in [1.807, 2.05) is 18.2 Å². The van der Waals surface area contributed by atoms with Crippen LogP contribution >= 0.6 is 0 Å². The highest BCUT2D eigenvalue weighted by atomic mass is 16.5. The molecule has 1 aromatic carbocycles. The number of benzene rings is 1. The van der Waals surface area contributed by atoms with E-state index in [9.17, 15) is 5.11 Å². The molecule has 0 aliphatic carbocycles. The fourth-order valence-electron chi connectivity index (χ4n) is 3.09. The number of anilines is 3. The fraction of sp³-hybridized carbons (Fsp3) is 0.474. The normalized spacial score (nSPS) is 19.7. The van der Waals surface area contributed by atoms with Gasteiger partial charge in [0.15, 0.2) is 11.5 Å². The lowest BCUT2D eigenvalue weighted by atomic mass is 10.1. The van der Waals surface area contributed by atoms with Crippen molar-refractivity contribution in [1.29, 1.82) is 0 Å². The van der Waals surface area contributed by atoms with E-state index in [1.54, 1.807) is 26.4 Å². The zero-order valence-electron chi connectivity index (χ0n) is 16.0. The summed E-state index contributed by atoms with van der Waals surface area (Å²) >= 11 is 0. The first-order valence-electron chi connectivity index (χ1n) is 9.08. The highest BCUT2D eigenvalue weighted by Gasteiger charge is 2.36. The van der Waals surface area contributed by atoms with Crippen LogP contribution in [0.4, 0.5) is 17.5 Å². The van der Waals surface area contributed by atoms with Gasteiger partial charge in [0, 0.05) is 38.1 Å². The van der Waals surface area contributed by atoms with E-state index in [1.165, 1.54) is 0 Å². The van der Waals surface area contributed by atoms with Crippen molar-refractivity contribution in [3.8, 4) is 11.5 Å². The summed E-state index contributed by atoms with van der Waals surface area (Å²) in [6.07, 6.45) is 2.38. The Morgan fingerprint density at radius 1 is 1.30 bits per heavy atom. The average Bonchev–Trinajstić information content (AvgIpc) is 3.08. The zero-order chi connectivity index (χ0) is 19.3. The molecule has 3 N–H and O–H groups in total. The van der Waals surface area contributed by atoms with Crippen molar-refractivity contribution in [2.45, 2.75) is 18.9 Å². The predicted molar refractivity (Wildman–Crippen MR) is 105 cm³/mol. The number of rotatable bonds is 8. The van der Waals surface area contributed by atoms with E-state index in [-0.39, 0.29) is 6.61 Å². The standard InChI is InChI=1S/C19H27N5O3/c1-4-24-10-8-19(25,12-24)13-27-16-11-14(5-6-15(16)26-3)22-18-21-9-7-17(20-2)23-18/h5-7,9,11,25H,4,8,10,12-13H2,1-3H3,(H2,20,21,22,23). The first-order chi connectivity index (χ1) is 13.0. The third-order valence-corrected chi connectivity index (χ3v) is 4.69. The minimum atomic E-state index is -0.839. The van der Waals surface area contributed by atoms with Crippen LogP contribution in [0.1, 0.15) is 13.3 Å². The van der Waals surface area contributed by atoms with Crippen LogP contribution < -0.4 is 20.1 Å². The Morgan fingerprint density at radius 2 is 2.15 bits per heavy atom. The van der Waals surface area contributed by atoms with Crippen LogP contribution in [-0.2, 0) is 0 Å². The summed E-state index contributed by atoms with van der Waals surface area (Å²) in [6.45, 7) is 4.74. The van der Waals surface area contributed by atoms with Gasteiger partial charge in [-0.2, -0.15) is 4.98 Å². The number of nitrogens with one attached hydrogen (secondary N) is 2. The molecule has 1 unspecified atom stereocenters. The summed E-state index contributed by atoms with van der Waals surface area (Å²) in [5, 5.41) is 16.9. The van der Waals surface area contributed by atoms with Crippen molar-refractivity contribution in [3.63, 3.8) is 0 Å². The van der Waals surface area contributed by atoms with Gasteiger partial charge >= 0.3 is 0 Å². The smallest absolute Gasteiger partial charge is 0.229 e. The molecular weight excluding hydrogens is 346 g/mol. The first-order valence-corrected chi connectivity index (χ1v) is 9.08. The minimum Gasteiger partial charge on any atom is -0.493 e. The first kappa shape index (κ1) is 19.2. The Labute approximate surface area is 159 Å². The Kier molecular flexibility index (Phi) is 5.98. The molecule has 0 bridgehead atoms. The maximum absolute atomic E-state index is 10.7. The molecule has 0 amide bonds. The average molecular weight is 373 g/mol. The second kappa shape index (κ2) is 8.41. The van der Waals surface area contributed by atoms with E-state index >= 15 is 0 Å². The van der Waals surface area contributed by atoms with Gasteiger partial charge in [-0.05, 0) is 31.2 Å². The molecule has 27 heavy (non-hydrogen) atoms. The van der Waals surface area contributed by atoms with Gasteiger partial charge in [-0.1, -0.05) is 6.92 Å². The molecule has 8 nitrogen and oxygen atoms in total. The molecule has 1 atom stereocenters. The SMILES string of the molecule is CCN1CCC(O)(COc2cc(Nc3nccc(NC)n3)ccc2OC)C1. The van der Waals surface area contributed by atoms with Crippen molar-refractivity contribution >= 4 is 17.5 Å². The fourth-order valence-corrected chi connectivity index (χ4v) is 3.09. The summed E-state index contributed by atoms with van der Waals surface area (Å²) < 4.78 is 11.3. The molecule has 0 radical (unpaired) electrons. The second-order valence-corrected chi connectivity index (χ2v) is 6.64. The van der Waals surface area contributed by atoms with Gasteiger partial charge in [-0.15, -0.1) is 0 Å². The van der Waals surface area contributed by atoms with Crippen molar-refractivity contribution in [2.75, 3.05) is 51.0 Å². The van der Waals surface area contributed by atoms with Crippen LogP contribution in [0.2, 0.25) is 0 Å². The molecule has 1 aromatic heterocycles. The van der Waals surface area contributed by atoms with Crippen molar-refractivity contribution in [2.24, 2.45) is 0 Å². The molecule has 1 saturated heterocycles. The molecule has 3 rings (SSSR count). The third kappa shape index (κ3) is 4.78. The molecule has 1 aliphatic heterocycles. The van der Waals surface area contributed by atoms with E-state index in [0.717, 1.165) is 24.6 Å². The number of aromatic nitrogens is 2. The number of nitrogens with zero attached hydrogens (tertiary/aromatic N) is 3. The quantitative estimate of drug-likeness (QED) is 0.648. The van der Waals surface area contributed by atoms with Crippen LogP contribution in [0.5, 0.6) is 11.5 Å². The molecular formula is C19H27N5O3. The van der Waals surface area contributed by atoms with E-state index in [2.05, 4.69) is 32.4 Å². The lowest BCUT2D eigenvalue weighted by molar-refractivity contribution is 0.00368. The summed E-state index contributed by atoms with van der Waals surface area (Å²) in [5.74, 6) is 2.38. The number of hydrogen-bond acceptors (Lipinski definition) is 8. The number of β-amino-alcohol motifs (C(OH)–C–C–N with tert-alkyl or cyclic N) is 1. The molecule has 146 valence electrons. The third-order valence-electron chi connectivity index (χ3n) is 4.69. The van der Waals surface area contributed by atoms with Crippen molar-refractivity contribution < 1.29 is 14.6 Å². The topological polar surface area (TPSA) is 91.8 Å². The van der Waals surface area contributed by atoms with Gasteiger partial charge in [0.05, 0.1) is 7.11 Å². The molecule has 2 aromatic rings. The van der Waals surface area contributed by atoms with Crippen LogP contribution in [-0.4, -0.2) is 66.0 Å². The molecule has 2 heterocycles. The molecule has 0 saturated carbocycles. The highest BCUT2D eigenvalue weighted by Crippen LogP contribution is 2.32. The lowest BCUT2D eigenvalue weighted by Gasteiger charge is -2.24. The van der Waals surface area contributed by atoms with Crippen molar-refractivity contribution in [1.82, 2.24) is 14.9 Å². The van der Waals surface area contributed by atoms with Crippen LogP contribution in [0.15, 0.2) is 30.5 Å².